The minimum Gasteiger partial charge on any atom is -0.480 e. The van der Waals surface area contributed by atoms with E-state index in [1.807, 2.05) is 18.3 Å². The number of aryl methyl sites for hydroxylation is 3. The van der Waals surface area contributed by atoms with Gasteiger partial charge in [-0.05, 0) is 48.9 Å². The Morgan fingerprint density at radius 2 is 1.88 bits per heavy atom. The molecule has 0 spiro atoms. The van der Waals surface area contributed by atoms with Gasteiger partial charge in [0.1, 0.15) is 17.5 Å². The normalized spacial score (nSPS) is 12.0. The van der Waals surface area contributed by atoms with Crippen molar-refractivity contribution in [2.75, 3.05) is 11.5 Å². The summed E-state index contributed by atoms with van der Waals surface area (Å²) in [5.41, 5.74) is 14.7. The number of aromatic amines is 2. The van der Waals surface area contributed by atoms with Crippen LogP contribution in [0, 0.1) is 0 Å². The van der Waals surface area contributed by atoms with E-state index in [4.69, 9.17) is 11.5 Å². The zero-order valence-electron chi connectivity index (χ0n) is 18.2. The summed E-state index contributed by atoms with van der Waals surface area (Å²) < 4.78 is 0. The molecule has 4 rings (SSSR count). The molecular formula is C21H24N10O3. The summed E-state index contributed by atoms with van der Waals surface area (Å²) >= 11 is 0. The molecule has 0 bridgehead atoms. The Kier molecular flexibility index (Phi) is 6.62. The number of nitrogens with zero attached hydrogens (tertiary/aromatic N) is 5. The van der Waals surface area contributed by atoms with Gasteiger partial charge in [0.25, 0.3) is 5.91 Å². The van der Waals surface area contributed by atoms with E-state index in [0.29, 0.717) is 22.9 Å². The maximum absolute atomic E-state index is 12.5. The van der Waals surface area contributed by atoms with E-state index in [0.717, 1.165) is 35.8 Å². The number of hydrogen-bond donors (Lipinski definition) is 6. The number of benzene rings is 1. The second-order valence-electron chi connectivity index (χ2n) is 7.79. The molecule has 1 amide bonds. The number of carbonyl (C=O) groups excluding carboxylic acids is 1. The van der Waals surface area contributed by atoms with Crippen LogP contribution in [-0.2, 0) is 24.1 Å². The number of nitrogens with one attached hydrogen (secondary N) is 3. The van der Waals surface area contributed by atoms with Gasteiger partial charge in [-0.25, -0.2) is 4.79 Å². The van der Waals surface area contributed by atoms with E-state index in [9.17, 15) is 14.7 Å². The average molecular weight is 464 g/mol. The summed E-state index contributed by atoms with van der Waals surface area (Å²) in [5, 5.41) is 26.0. The Balaban J connectivity index is 1.31. The molecule has 1 aromatic carbocycles. The third-order valence-corrected chi connectivity index (χ3v) is 5.44. The molecule has 176 valence electrons. The molecule has 3 heterocycles. The standard InChI is InChI=1S/C21H24N10O3/c22-17-16-13(10-24-18(16)27-21(23)26-17)3-1-2-11-4-6-12(7-5-11)19(32)25-14(20(33)34)8-9-15-28-30-31-29-15/h4-7,10,14H,1-3,8-9H2,(H,25,32)(H,33,34)(H,28,29,30,31)(H5,22,23,24,26,27)/t14-/m0/s1. The summed E-state index contributed by atoms with van der Waals surface area (Å²) in [6.07, 6.45) is 4.68. The van der Waals surface area contributed by atoms with E-state index < -0.39 is 17.9 Å². The zero-order chi connectivity index (χ0) is 24.1. The zero-order valence-corrected chi connectivity index (χ0v) is 18.2. The van der Waals surface area contributed by atoms with E-state index in [2.05, 4.69) is 40.9 Å². The van der Waals surface area contributed by atoms with Crippen molar-refractivity contribution in [3.63, 3.8) is 0 Å². The average Bonchev–Trinajstić information content (AvgIpc) is 3.47. The predicted molar refractivity (Wildman–Crippen MR) is 123 cm³/mol. The highest BCUT2D eigenvalue weighted by Crippen LogP contribution is 2.24. The summed E-state index contributed by atoms with van der Waals surface area (Å²) in [7, 11) is 0. The lowest BCUT2D eigenvalue weighted by atomic mass is 10.0. The number of nitrogen functional groups attached to an aromatic ring is 2. The first kappa shape index (κ1) is 22.6. The Morgan fingerprint density at radius 3 is 2.59 bits per heavy atom. The van der Waals surface area contributed by atoms with Crippen LogP contribution in [0.1, 0.15) is 40.2 Å². The first-order valence-electron chi connectivity index (χ1n) is 10.6. The van der Waals surface area contributed by atoms with Crippen molar-refractivity contribution in [3.05, 3.63) is 53.0 Å². The van der Waals surface area contributed by atoms with E-state index >= 15 is 0 Å². The minimum absolute atomic E-state index is 0.129. The number of H-pyrrole nitrogens is 2. The third kappa shape index (κ3) is 5.26. The topological polar surface area (TPSA) is 214 Å². The lowest BCUT2D eigenvalue weighted by Gasteiger charge is -2.14. The van der Waals surface area contributed by atoms with E-state index in [1.165, 1.54) is 0 Å². The molecule has 8 N–H and O–H groups in total. The van der Waals surface area contributed by atoms with Gasteiger partial charge in [0.05, 0.1) is 5.39 Å². The molecule has 13 heteroatoms. The number of carboxylic acids is 1. The van der Waals surface area contributed by atoms with Gasteiger partial charge in [0, 0.05) is 18.2 Å². The molecule has 1 atom stereocenters. The number of carboxylic acid groups (broad SMARTS) is 1. The van der Waals surface area contributed by atoms with Crippen LogP contribution in [0.5, 0.6) is 0 Å². The molecule has 0 saturated heterocycles. The summed E-state index contributed by atoms with van der Waals surface area (Å²) in [4.78, 5) is 35.3. The van der Waals surface area contributed by atoms with Crippen molar-refractivity contribution in [1.29, 1.82) is 0 Å². The highest BCUT2D eigenvalue weighted by atomic mass is 16.4. The number of anilines is 2. The Morgan fingerprint density at radius 1 is 1.09 bits per heavy atom. The molecule has 13 nitrogen and oxygen atoms in total. The van der Waals surface area contributed by atoms with Gasteiger partial charge in [-0.15, -0.1) is 10.2 Å². The fourth-order valence-electron chi connectivity index (χ4n) is 3.71. The van der Waals surface area contributed by atoms with Crippen LogP contribution < -0.4 is 16.8 Å². The van der Waals surface area contributed by atoms with Crippen molar-refractivity contribution < 1.29 is 14.7 Å². The molecule has 0 fully saturated rings. The Hall–Kier alpha value is -4.55. The van der Waals surface area contributed by atoms with Crippen LogP contribution in [-0.4, -0.2) is 58.6 Å². The highest BCUT2D eigenvalue weighted by Gasteiger charge is 2.21. The first-order valence-corrected chi connectivity index (χ1v) is 10.6. The van der Waals surface area contributed by atoms with Crippen LogP contribution >= 0.6 is 0 Å². The fraction of sp³-hybridized carbons (Fsp3) is 0.286. The number of amides is 1. The van der Waals surface area contributed by atoms with Gasteiger partial charge in [0.15, 0.2) is 5.82 Å². The molecule has 0 aliphatic heterocycles. The molecular weight excluding hydrogens is 440 g/mol. The summed E-state index contributed by atoms with van der Waals surface area (Å²) in [5.74, 6) is -0.716. The van der Waals surface area contributed by atoms with Gasteiger partial charge < -0.3 is 26.9 Å². The molecule has 0 aliphatic carbocycles. The molecule has 0 saturated carbocycles. The minimum atomic E-state index is -1.13. The SMILES string of the molecule is Nc1nc(N)c2c(CCCc3ccc(C(=O)N[C@@H](CCc4nn[nH]n4)C(=O)O)cc3)c[nH]c2n1. The number of aromatic nitrogens is 7. The lowest BCUT2D eigenvalue weighted by Crippen LogP contribution is -2.41. The van der Waals surface area contributed by atoms with Crippen LogP contribution in [0.25, 0.3) is 11.0 Å². The predicted octanol–water partition coefficient (Wildman–Crippen LogP) is 0.627. The number of fused-ring (bicyclic) bond motifs is 1. The third-order valence-electron chi connectivity index (χ3n) is 5.44. The van der Waals surface area contributed by atoms with E-state index in [1.54, 1.807) is 12.1 Å². The maximum Gasteiger partial charge on any atom is 0.326 e. The molecule has 4 aromatic rings. The number of tetrazole rings is 1. The van der Waals surface area contributed by atoms with Gasteiger partial charge in [0.2, 0.25) is 5.95 Å². The molecule has 0 aliphatic rings. The highest BCUT2D eigenvalue weighted by molar-refractivity contribution is 5.96. The number of hydrogen-bond acceptors (Lipinski definition) is 9. The maximum atomic E-state index is 12.5. The largest absolute Gasteiger partial charge is 0.480 e. The van der Waals surface area contributed by atoms with Crippen LogP contribution in [0.4, 0.5) is 11.8 Å². The number of rotatable bonds is 10. The number of carbonyl (C=O) groups is 2. The first-order chi connectivity index (χ1) is 16.4. The van der Waals surface area contributed by atoms with Crippen molar-refractivity contribution in [1.82, 2.24) is 40.9 Å². The van der Waals surface area contributed by atoms with Gasteiger partial charge in [-0.3, -0.25) is 4.79 Å². The monoisotopic (exact) mass is 464 g/mol. The van der Waals surface area contributed by atoms with Gasteiger partial charge in [-0.1, -0.05) is 17.3 Å². The van der Waals surface area contributed by atoms with Crippen LogP contribution in [0.2, 0.25) is 0 Å². The molecule has 34 heavy (non-hydrogen) atoms. The molecule has 3 aromatic heterocycles. The van der Waals surface area contributed by atoms with Gasteiger partial charge in [-0.2, -0.15) is 15.2 Å². The van der Waals surface area contributed by atoms with Crippen molar-refractivity contribution in [2.45, 2.75) is 38.1 Å². The van der Waals surface area contributed by atoms with Crippen LogP contribution in [0.15, 0.2) is 30.5 Å². The number of aliphatic carboxylic acids is 1. The smallest absolute Gasteiger partial charge is 0.326 e. The van der Waals surface area contributed by atoms with Crippen LogP contribution in [0.3, 0.4) is 0 Å². The summed E-state index contributed by atoms with van der Waals surface area (Å²) in [6, 6.07) is 6.02. The van der Waals surface area contributed by atoms with E-state index in [-0.39, 0.29) is 18.8 Å². The molecule has 0 unspecified atom stereocenters. The fourth-order valence-corrected chi connectivity index (χ4v) is 3.71. The lowest BCUT2D eigenvalue weighted by molar-refractivity contribution is -0.139. The number of nitrogens with two attached hydrogens (primary N) is 2. The second kappa shape index (κ2) is 9.94. The van der Waals surface area contributed by atoms with Crippen molar-refractivity contribution in [2.24, 2.45) is 0 Å². The van der Waals surface area contributed by atoms with Gasteiger partial charge >= 0.3 is 5.97 Å². The van der Waals surface area contributed by atoms with Crippen molar-refractivity contribution in [3.8, 4) is 0 Å². The molecule has 0 radical (unpaired) electrons. The quantitative estimate of drug-likeness (QED) is 0.192. The summed E-state index contributed by atoms with van der Waals surface area (Å²) in [6.45, 7) is 0. The Labute approximate surface area is 193 Å². The second-order valence-corrected chi connectivity index (χ2v) is 7.79. The Bertz CT molecular complexity index is 1280. The van der Waals surface area contributed by atoms with Crippen molar-refractivity contribution >= 4 is 34.7 Å².